The van der Waals surface area contributed by atoms with Crippen molar-refractivity contribution in [1.82, 2.24) is 0 Å². The van der Waals surface area contributed by atoms with Crippen molar-refractivity contribution < 1.29 is 4.39 Å². The van der Waals surface area contributed by atoms with Crippen molar-refractivity contribution in [3.8, 4) is 0 Å². The Morgan fingerprint density at radius 3 is 0.848 bits per heavy atom. The van der Waals surface area contributed by atoms with Crippen LogP contribution in [0, 0.1) is 5.82 Å². The molecule has 4 heteroatoms. The monoisotopic (exact) mass is 597 g/mol. The molecule has 0 atom stereocenters. The van der Waals surface area contributed by atoms with Crippen LogP contribution in [0.15, 0.2) is 194 Å². The van der Waals surface area contributed by atoms with Gasteiger partial charge in [0.1, 0.15) is 5.82 Å². The Balaban J connectivity index is 1.54. The smallest absolute Gasteiger partial charge is 0.147 e. The lowest BCUT2D eigenvalue weighted by molar-refractivity contribution is 0.629. The average molecular weight is 598 g/mol. The lowest BCUT2D eigenvalue weighted by atomic mass is 10.1. The van der Waals surface area contributed by atoms with Crippen molar-refractivity contribution >= 4 is 51.2 Å². The van der Waals surface area contributed by atoms with Crippen LogP contribution in [-0.2, 0) is 0 Å². The summed E-state index contributed by atoms with van der Waals surface area (Å²) in [7, 11) is 0. The summed E-state index contributed by atoms with van der Waals surface area (Å²) in [5, 5.41) is 0. The fourth-order valence-electron chi connectivity index (χ4n) is 5.81. The Labute approximate surface area is 269 Å². The maximum Gasteiger partial charge on any atom is 0.147 e. The van der Waals surface area contributed by atoms with Crippen molar-refractivity contribution in [2.24, 2.45) is 0 Å². The first-order valence-corrected chi connectivity index (χ1v) is 15.3. The minimum absolute atomic E-state index is 0.302. The second kappa shape index (κ2) is 13.2. The predicted molar refractivity (Wildman–Crippen MR) is 190 cm³/mol. The van der Waals surface area contributed by atoms with E-state index in [2.05, 4.69) is 76.5 Å². The molecule has 0 unspecified atom stereocenters. The Bertz CT molecular complexity index is 1820. The Kier molecular flexibility index (Phi) is 8.24. The van der Waals surface area contributed by atoms with Crippen LogP contribution >= 0.6 is 0 Å². The van der Waals surface area contributed by atoms with Crippen LogP contribution in [-0.4, -0.2) is 0 Å². The highest BCUT2D eigenvalue weighted by atomic mass is 19.1. The van der Waals surface area contributed by atoms with Gasteiger partial charge >= 0.3 is 0 Å². The van der Waals surface area contributed by atoms with Gasteiger partial charge in [-0.25, -0.2) is 4.39 Å². The van der Waals surface area contributed by atoms with Gasteiger partial charge in [-0.2, -0.15) is 0 Å². The molecular formula is C42H32FN3. The third-order valence-electron chi connectivity index (χ3n) is 7.83. The molecule has 0 N–H and O–H groups in total. The van der Waals surface area contributed by atoms with Crippen molar-refractivity contribution in [1.29, 1.82) is 0 Å². The molecule has 0 radical (unpaired) electrons. The Hall–Kier alpha value is -6.13. The normalized spacial score (nSPS) is 10.7. The highest BCUT2D eigenvalue weighted by Gasteiger charge is 2.23. The summed E-state index contributed by atoms with van der Waals surface area (Å²) in [5.41, 5.74) is 8.05. The molecule has 7 aromatic rings. The number of anilines is 9. The summed E-state index contributed by atoms with van der Waals surface area (Å²) in [4.78, 5) is 6.47. The molecule has 0 aliphatic carbocycles. The van der Waals surface area contributed by atoms with Gasteiger partial charge in [0.15, 0.2) is 0 Å². The van der Waals surface area contributed by atoms with Gasteiger partial charge in [-0.1, -0.05) is 103 Å². The third kappa shape index (κ3) is 5.97. The highest BCUT2D eigenvalue weighted by molar-refractivity contribution is 5.89. The van der Waals surface area contributed by atoms with Crippen molar-refractivity contribution in [2.45, 2.75) is 0 Å². The first kappa shape index (κ1) is 28.6. The van der Waals surface area contributed by atoms with Crippen LogP contribution in [0.1, 0.15) is 0 Å². The molecule has 7 rings (SSSR count). The minimum Gasteiger partial charge on any atom is -0.310 e. The second-order valence-corrected chi connectivity index (χ2v) is 10.8. The van der Waals surface area contributed by atoms with Gasteiger partial charge in [-0.15, -0.1) is 0 Å². The number of halogens is 1. The SMILES string of the molecule is Fc1ccccc1N(c1ccccc1)c1cc(N(c2ccccc2)c2ccccc2)cc(N(c2ccccc2)c2ccccc2)c1. The van der Waals surface area contributed by atoms with Crippen LogP contribution in [0.25, 0.3) is 0 Å². The Morgan fingerprint density at radius 2 is 0.522 bits per heavy atom. The van der Waals surface area contributed by atoms with Crippen LogP contribution in [0.2, 0.25) is 0 Å². The van der Waals surface area contributed by atoms with Crippen molar-refractivity contribution in [3.05, 3.63) is 200 Å². The first-order chi connectivity index (χ1) is 22.8. The maximum absolute atomic E-state index is 15.7. The second-order valence-electron chi connectivity index (χ2n) is 10.8. The van der Waals surface area contributed by atoms with E-state index in [1.807, 2.05) is 120 Å². The van der Waals surface area contributed by atoms with Gasteiger partial charge in [0.25, 0.3) is 0 Å². The van der Waals surface area contributed by atoms with Gasteiger partial charge in [0.2, 0.25) is 0 Å². The van der Waals surface area contributed by atoms with Crippen LogP contribution in [0.5, 0.6) is 0 Å². The molecule has 7 aromatic carbocycles. The van der Waals surface area contributed by atoms with E-state index >= 15 is 4.39 Å². The number of nitrogens with zero attached hydrogens (tertiary/aromatic N) is 3. The fourth-order valence-corrected chi connectivity index (χ4v) is 5.81. The molecule has 0 fully saturated rings. The van der Waals surface area contributed by atoms with E-state index in [0.29, 0.717) is 5.69 Å². The van der Waals surface area contributed by atoms with Crippen LogP contribution in [0.3, 0.4) is 0 Å². The van der Waals surface area contributed by atoms with E-state index in [0.717, 1.165) is 45.5 Å². The summed E-state index contributed by atoms with van der Waals surface area (Å²) >= 11 is 0. The van der Waals surface area contributed by atoms with E-state index in [-0.39, 0.29) is 5.82 Å². The molecule has 0 saturated heterocycles. The Morgan fingerprint density at radius 1 is 0.261 bits per heavy atom. The van der Waals surface area contributed by atoms with Gasteiger partial charge < -0.3 is 14.7 Å². The van der Waals surface area contributed by atoms with Gasteiger partial charge in [-0.3, -0.25) is 0 Å². The fraction of sp³-hybridized carbons (Fsp3) is 0. The zero-order chi connectivity index (χ0) is 31.1. The van der Waals surface area contributed by atoms with Crippen molar-refractivity contribution in [3.63, 3.8) is 0 Å². The number of para-hydroxylation sites is 6. The standard InChI is InChI=1S/C42H32FN3/c43-41-28-16-17-29-42(41)46(37-26-14-5-15-27-37)40-31-38(44(33-18-6-1-7-19-33)34-20-8-2-9-21-34)30-39(32-40)45(35-22-10-3-11-23-35)36-24-12-4-13-25-36/h1-32H. The third-order valence-corrected chi connectivity index (χ3v) is 7.83. The molecule has 0 aromatic heterocycles. The van der Waals surface area contributed by atoms with Crippen LogP contribution < -0.4 is 14.7 Å². The van der Waals surface area contributed by atoms with Gasteiger partial charge in [0, 0.05) is 28.4 Å². The summed E-state index contributed by atoms with van der Waals surface area (Å²) in [6.07, 6.45) is 0. The number of rotatable bonds is 9. The van der Waals surface area contributed by atoms with Gasteiger partial charge in [-0.05, 0) is 91.0 Å². The topological polar surface area (TPSA) is 9.72 Å². The van der Waals surface area contributed by atoms with Crippen molar-refractivity contribution in [2.75, 3.05) is 14.7 Å². The van der Waals surface area contributed by atoms with E-state index < -0.39 is 0 Å². The lowest BCUT2D eigenvalue weighted by Gasteiger charge is -2.33. The summed E-state index contributed by atoms with van der Waals surface area (Å²) in [6, 6.07) is 64.7. The number of hydrogen-bond acceptors (Lipinski definition) is 3. The molecule has 0 spiro atoms. The predicted octanol–water partition coefficient (Wildman–Crippen LogP) is 12.2. The lowest BCUT2D eigenvalue weighted by Crippen LogP contribution is -2.16. The summed E-state index contributed by atoms with van der Waals surface area (Å²) < 4.78 is 15.7. The zero-order valence-corrected chi connectivity index (χ0v) is 25.2. The number of hydrogen-bond donors (Lipinski definition) is 0. The highest BCUT2D eigenvalue weighted by Crippen LogP contribution is 2.45. The average Bonchev–Trinajstić information content (AvgIpc) is 3.12. The summed E-state index contributed by atoms with van der Waals surface area (Å²) in [6.45, 7) is 0. The zero-order valence-electron chi connectivity index (χ0n) is 25.2. The van der Waals surface area contributed by atoms with E-state index in [1.54, 1.807) is 6.07 Å². The maximum atomic E-state index is 15.7. The molecule has 0 aliphatic heterocycles. The quantitative estimate of drug-likeness (QED) is 0.164. The molecule has 3 nitrogen and oxygen atoms in total. The minimum atomic E-state index is -0.302. The summed E-state index contributed by atoms with van der Waals surface area (Å²) in [5.74, 6) is -0.302. The molecule has 46 heavy (non-hydrogen) atoms. The van der Waals surface area contributed by atoms with Crippen LogP contribution in [0.4, 0.5) is 55.6 Å². The van der Waals surface area contributed by atoms with E-state index in [4.69, 9.17) is 0 Å². The molecule has 0 bridgehead atoms. The largest absolute Gasteiger partial charge is 0.310 e. The molecule has 0 saturated carbocycles. The molecule has 222 valence electrons. The molecular weight excluding hydrogens is 565 g/mol. The first-order valence-electron chi connectivity index (χ1n) is 15.3. The van der Waals surface area contributed by atoms with Gasteiger partial charge in [0.05, 0.1) is 22.7 Å². The van der Waals surface area contributed by atoms with E-state index in [9.17, 15) is 0 Å². The molecule has 0 heterocycles. The number of benzene rings is 7. The molecule has 0 amide bonds. The van der Waals surface area contributed by atoms with E-state index in [1.165, 1.54) is 6.07 Å². The molecule has 0 aliphatic rings.